The van der Waals surface area contributed by atoms with E-state index >= 15 is 0 Å². The number of aromatic nitrogens is 1. The quantitative estimate of drug-likeness (QED) is 0.609. The predicted molar refractivity (Wildman–Crippen MR) is 73.0 cm³/mol. The fourth-order valence-corrected chi connectivity index (χ4v) is 2.75. The normalized spacial score (nSPS) is 10.4. The van der Waals surface area contributed by atoms with Crippen molar-refractivity contribution in [1.82, 2.24) is 4.98 Å². The molecule has 0 aliphatic rings. The molecule has 0 atom stereocenters. The molecule has 17 heavy (non-hydrogen) atoms. The Kier molecular flexibility index (Phi) is 4.34. The van der Waals surface area contributed by atoms with Crippen LogP contribution in [0.25, 0.3) is 0 Å². The number of carbonyl (C=O) groups excluding carboxylic acids is 1. The number of carbonyl (C=O) groups is 1. The number of hydrogen-bond acceptors (Lipinski definition) is 4. The molecule has 0 fully saturated rings. The minimum Gasteiger partial charge on any atom is -0.294 e. The molecule has 88 valence electrons. The summed E-state index contributed by atoms with van der Waals surface area (Å²) in [6, 6.07) is 7.82. The third-order valence-electron chi connectivity index (χ3n) is 2.31. The van der Waals surface area contributed by atoms with Crippen LogP contribution in [0.5, 0.6) is 0 Å². The van der Waals surface area contributed by atoms with Crippen molar-refractivity contribution in [2.75, 3.05) is 5.75 Å². The number of benzene rings is 1. The van der Waals surface area contributed by atoms with E-state index in [0.29, 0.717) is 6.42 Å². The summed E-state index contributed by atoms with van der Waals surface area (Å²) in [6.07, 6.45) is 2.20. The van der Waals surface area contributed by atoms with E-state index in [9.17, 15) is 4.79 Å². The molecule has 0 aliphatic carbocycles. The zero-order valence-electron chi connectivity index (χ0n) is 9.55. The van der Waals surface area contributed by atoms with Gasteiger partial charge in [0.1, 0.15) is 0 Å². The zero-order chi connectivity index (χ0) is 12.1. The Hall–Kier alpha value is -1.13. The fourth-order valence-electron chi connectivity index (χ4n) is 1.49. The lowest BCUT2D eigenvalue weighted by molar-refractivity contribution is 0.0993. The maximum absolute atomic E-state index is 12.0. The van der Waals surface area contributed by atoms with Crippen LogP contribution < -0.4 is 0 Å². The molecule has 0 saturated carbocycles. The van der Waals surface area contributed by atoms with Gasteiger partial charge in [-0.25, -0.2) is 0 Å². The van der Waals surface area contributed by atoms with Gasteiger partial charge in [-0.1, -0.05) is 19.1 Å². The van der Waals surface area contributed by atoms with E-state index in [0.717, 1.165) is 16.2 Å². The maximum Gasteiger partial charge on any atom is 0.168 e. The monoisotopic (exact) mass is 263 g/mol. The van der Waals surface area contributed by atoms with Crippen molar-refractivity contribution < 1.29 is 4.79 Å². The lowest BCUT2D eigenvalue weighted by Gasteiger charge is -2.01. The molecule has 1 aromatic heterocycles. The molecule has 1 aromatic carbocycles. The Morgan fingerprint density at radius 3 is 2.71 bits per heavy atom. The molecule has 4 heteroatoms. The number of thioether (sulfide) groups is 1. The van der Waals surface area contributed by atoms with Gasteiger partial charge in [0.25, 0.3) is 0 Å². The molecule has 0 radical (unpaired) electrons. The van der Waals surface area contributed by atoms with Crippen molar-refractivity contribution in [3.05, 3.63) is 46.4 Å². The number of rotatable bonds is 5. The number of thiazole rings is 1. The smallest absolute Gasteiger partial charge is 0.168 e. The topological polar surface area (TPSA) is 30.0 Å². The van der Waals surface area contributed by atoms with Crippen molar-refractivity contribution in [3.63, 3.8) is 0 Å². The Bertz CT molecular complexity index is 477. The van der Waals surface area contributed by atoms with Gasteiger partial charge < -0.3 is 0 Å². The Balaban J connectivity index is 2.04. The predicted octanol–water partition coefficient (Wildman–Crippen LogP) is 3.68. The molecular weight excluding hydrogens is 250 g/mol. The maximum atomic E-state index is 12.0. The largest absolute Gasteiger partial charge is 0.294 e. The van der Waals surface area contributed by atoms with Crippen LogP contribution in [0, 0.1) is 0 Å². The molecule has 0 N–H and O–H groups in total. The van der Waals surface area contributed by atoms with E-state index in [1.54, 1.807) is 23.5 Å². The SMILES string of the molecule is CCSc1ccc(C(=O)Cc2cncs2)cc1. The van der Waals surface area contributed by atoms with E-state index in [1.807, 2.05) is 24.3 Å². The Morgan fingerprint density at radius 1 is 1.35 bits per heavy atom. The second-order valence-electron chi connectivity index (χ2n) is 3.53. The van der Waals surface area contributed by atoms with Crippen LogP contribution in [0.2, 0.25) is 0 Å². The Morgan fingerprint density at radius 2 is 2.12 bits per heavy atom. The van der Waals surface area contributed by atoms with Gasteiger partial charge in [-0.15, -0.1) is 23.1 Å². The second kappa shape index (κ2) is 5.98. The third-order valence-corrected chi connectivity index (χ3v) is 3.98. The first-order valence-electron chi connectivity index (χ1n) is 5.43. The summed E-state index contributed by atoms with van der Waals surface area (Å²) >= 11 is 3.30. The zero-order valence-corrected chi connectivity index (χ0v) is 11.2. The molecular formula is C13H13NOS2. The minimum atomic E-state index is 0.155. The highest BCUT2D eigenvalue weighted by Crippen LogP contribution is 2.19. The highest BCUT2D eigenvalue weighted by atomic mass is 32.2. The van der Waals surface area contributed by atoms with Gasteiger partial charge in [0, 0.05) is 28.0 Å². The molecule has 2 aromatic rings. The first kappa shape index (κ1) is 12.3. The van der Waals surface area contributed by atoms with Gasteiger partial charge in [0.2, 0.25) is 0 Å². The number of ketones is 1. The van der Waals surface area contributed by atoms with E-state index < -0.39 is 0 Å². The number of nitrogens with zero attached hydrogens (tertiary/aromatic N) is 1. The van der Waals surface area contributed by atoms with Crippen LogP contribution in [0.15, 0.2) is 40.9 Å². The number of hydrogen-bond donors (Lipinski definition) is 0. The minimum absolute atomic E-state index is 0.155. The van der Waals surface area contributed by atoms with Gasteiger partial charge in [-0.05, 0) is 17.9 Å². The highest BCUT2D eigenvalue weighted by Gasteiger charge is 2.07. The summed E-state index contributed by atoms with van der Waals surface area (Å²) in [7, 11) is 0. The summed E-state index contributed by atoms with van der Waals surface area (Å²) in [4.78, 5) is 18.1. The van der Waals surface area contributed by atoms with E-state index in [-0.39, 0.29) is 5.78 Å². The third kappa shape index (κ3) is 3.41. The first-order valence-corrected chi connectivity index (χ1v) is 7.29. The summed E-state index contributed by atoms with van der Waals surface area (Å²) in [5, 5.41) is 0. The molecule has 2 nitrogen and oxygen atoms in total. The second-order valence-corrected chi connectivity index (χ2v) is 5.83. The molecule has 2 rings (SSSR count). The summed E-state index contributed by atoms with van der Waals surface area (Å²) in [6.45, 7) is 2.12. The number of Topliss-reactive ketones (excluding diaryl/α,β-unsaturated/α-hetero) is 1. The average Bonchev–Trinajstić information content (AvgIpc) is 2.83. The standard InChI is InChI=1S/C13H13NOS2/c1-2-16-11-5-3-10(4-6-11)13(15)7-12-8-14-9-17-12/h3-6,8-9H,2,7H2,1H3. The van der Waals surface area contributed by atoms with Crippen molar-refractivity contribution in [1.29, 1.82) is 0 Å². The summed E-state index contributed by atoms with van der Waals surface area (Å²) < 4.78 is 0. The molecule has 0 amide bonds. The summed E-state index contributed by atoms with van der Waals surface area (Å²) in [5.41, 5.74) is 2.53. The van der Waals surface area contributed by atoms with Crippen LogP contribution in [-0.4, -0.2) is 16.5 Å². The van der Waals surface area contributed by atoms with Crippen molar-refractivity contribution in [2.45, 2.75) is 18.2 Å². The lowest BCUT2D eigenvalue weighted by atomic mass is 10.1. The highest BCUT2D eigenvalue weighted by molar-refractivity contribution is 7.99. The van der Waals surface area contributed by atoms with Crippen LogP contribution in [0.3, 0.4) is 0 Å². The van der Waals surface area contributed by atoms with Crippen LogP contribution in [0.4, 0.5) is 0 Å². The molecule has 0 spiro atoms. The van der Waals surface area contributed by atoms with Gasteiger partial charge in [0.15, 0.2) is 5.78 Å². The molecule has 0 bridgehead atoms. The molecule has 0 saturated heterocycles. The molecule has 1 heterocycles. The first-order chi connectivity index (χ1) is 8.29. The lowest BCUT2D eigenvalue weighted by Crippen LogP contribution is -2.01. The van der Waals surface area contributed by atoms with Gasteiger partial charge in [-0.3, -0.25) is 9.78 Å². The van der Waals surface area contributed by atoms with Gasteiger partial charge >= 0.3 is 0 Å². The van der Waals surface area contributed by atoms with E-state index in [4.69, 9.17) is 0 Å². The molecule has 0 unspecified atom stereocenters. The van der Waals surface area contributed by atoms with Crippen molar-refractivity contribution >= 4 is 28.9 Å². The van der Waals surface area contributed by atoms with Gasteiger partial charge in [0.05, 0.1) is 5.51 Å². The van der Waals surface area contributed by atoms with E-state index in [1.165, 1.54) is 16.2 Å². The molecule has 0 aliphatic heterocycles. The van der Waals surface area contributed by atoms with Crippen molar-refractivity contribution in [3.8, 4) is 0 Å². The fraction of sp³-hybridized carbons (Fsp3) is 0.231. The average molecular weight is 263 g/mol. The van der Waals surface area contributed by atoms with Crippen LogP contribution in [0.1, 0.15) is 22.2 Å². The van der Waals surface area contributed by atoms with Crippen LogP contribution in [-0.2, 0) is 6.42 Å². The Labute approximate surface area is 109 Å². The van der Waals surface area contributed by atoms with Crippen LogP contribution >= 0.6 is 23.1 Å². The van der Waals surface area contributed by atoms with Crippen molar-refractivity contribution in [2.24, 2.45) is 0 Å². The summed E-state index contributed by atoms with van der Waals surface area (Å²) in [5.74, 6) is 1.20. The van der Waals surface area contributed by atoms with E-state index in [2.05, 4.69) is 11.9 Å². The van der Waals surface area contributed by atoms with Gasteiger partial charge in [-0.2, -0.15) is 0 Å².